The molecule has 0 amide bonds. The molecule has 0 aliphatic rings. The Morgan fingerprint density at radius 2 is 1.84 bits per heavy atom. The summed E-state index contributed by atoms with van der Waals surface area (Å²) in [7, 11) is 1.65. The normalized spacial score (nSPS) is 11.3. The molecule has 164 valence electrons. The van der Waals surface area contributed by atoms with Crippen LogP contribution in [0.4, 0.5) is 0 Å². The molecule has 3 rings (SSSR count). The molecule has 3 aromatic rings. The van der Waals surface area contributed by atoms with E-state index in [0.29, 0.717) is 19.7 Å². The van der Waals surface area contributed by atoms with Gasteiger partial charge < -0.3 is 20.1 Å². The summed E-state index contributed by atoms with van der Waals surface area (Å²) in [6.45, 7) is 8.49. The van der Waals surface area contributed by atoms with Gasteiger partial charge >= 0.3 is 0 Å². The lowest BCUT2D eigenvalue weighted by molar-refractivity contribution is 0.321. The van der Waals surface area contributed by atoms with E-state index in [1.807, 2.05) is 74.1 Å². The van der Waals surface area contributed by atoms with Crippen LogP contribution < -0.4 is 20.1 Å². The van der Waals surface area contributed by atoms with Crippen LogP contribution in [0.2, 0.25) is 0 Å². The van der Waals surface area contributed by atoms with Gasteiger partial charge in [0, 0.05) is 18.4 Å². The summed E-state index contributed by atoms with van der Waals surface area (Å²) in [4.78, 5) is 9.16. The molecule has 0 spiro atoms. The molecule has 1 aromatic carbocycles. The fourth-order valence-corrected chi connectivity index (χ4v) is 3.02. The van der Waals surface area contributed by atoms with Gasteiger partial charge in [0.05, 0.1) is 25.9 Å². The number of aryl methyl sites for hydroxylation is 2. The van der Waals surface area contributed by atoms with Gasteiger partial charge in [-0.05, 0) is 62.7 Å². The summed E-state index contributed by atoms with van der Waals surface area (Å²) < 4.78 is 12.7. The van der Waals surface area contributed by atoms with Crippen LogP contribution in [0.5, 0.6) is 11.5 Å². The molecule has 0 atom stereocenters. The highest BCUT2D eigenvalue weighted by Gasteiger charge is 2.05. The van der Waals surface area contributed by atoms with Gasteiger partial charge in [0.2, 0.25) is 0 Å². The van der Waals surface area contributed by atoms with Gasteiger partial charge in [-0.2, -0.15) is 5.10 Å². The Balaban J connectivity index is 1.51. The average Bonchev–Trinajstić information content (AvgIpc) is 3.13. The van der Waals surface area contributed by atoms with E-state index < -0.39 is 0 Å². The maximum atomic E-state index is 5.74. The van der Waals surface area contributed by atoms with E-state index in [1.165, 1.54) is 0 Å². The zero-order valence-corrected chi connectivity index (χ0v) is 18.6. The van der Waals surface area contributed by atoms with E-state index in [-0.39, 0.29) is 0 Å². The van der Waals surface area contributed by atoms with Crippen LogP contribution in [0.25, 0.3) is 5.82 Å². The van der Waals surface area contributed by atoms with Crippen molar-refractivity contribution >= 4 is 5.96 Å². The maximum absolute atomic E-state index is 5.74. The predicted molar refractivity (Wildman–Crippen MR) is 122 cm³/mol. The van der Waals surface area contributed by atoms with Crippen LogP contribution in [-0.2, 0) is 6.54 Å². The Labute approximate surface area is 183 Å². The molecular weight excluding hydrogens is 392 g/mol. The van der Waals surface area contributed by atoms with Crippen molar-refractivity contribution in [2.45, 2.75) is 27.3 Å². The van der Waals surface area contributed by atoms with Gasteiger partial charge in [-0.15, -0.1) is 0 Å². The molecular formula is C23H30N6O2. The molecule has 0 bridgehead atoms. The van der Waals surface area contributed by atoms with Crippen LogP contribution in [0.1, 0.15) is 23.9 Å². The quantitative estimate of drug-likeness (QED) is 0.313. The number of aromatic nitrogens is 3. The lowest BCUT2D eigenvalue weighted by Gasteiger charge is -2.12. The Bertz CT molecular complexity index is 980. The zero-order chi connectivity index (χ0) is 22.1. The van der Waals surface area contributed by atoms with Gasteiger partial charge in [-0.3, -0.25) is 0 Å². The standard InChI is InChI=1S/C23H30N6O2/c1-5-24-23(25-12-13-31-21-9-7-20(30-4)8-10-21)27-16-19-6-11-22(26-15-19)29-18(3)14-17(2)28-29/h6-11,14-15H,5,12-13,16H2,1-4H3,(H2,24,25,27). The minimum absolute atomic E-state index is 0.523. The smallest absolute Gasteiger partial charge is 0.191 e. The molecule has 8 nitrogen and oxygen atoms in total. The number of hydrogen-bond acceptors (Lipinski definition) is 5. The Hall–Kier alpha value is -3.55. The van der Waals surface area contributed by atoms with Crippen molar-refractivity contribution in [2.24, 2.45) is 4.99 Å². The summed E-state index contributed by atoms with van der Waals surface area (Å²) in [5, 5.41) is 11.0. The minimum atomic E-state index is 0.523. The fourth-order valence-electron chi connectivity index (χ4n) is 3.02. The van der Waals surface area contributed by atoms with E-state index >= 15 is 0 Å². The monoisotopic (exact) mass is 422 g/mol. The van der Waals surface area contributed by atoms with Gasteiger partial charge in [0.25, 0.3) is 0 Å². The summed E-state index contributed by atoms with van der Waals surface area (Å²) in [6, 6.07) is 13.6. The van der Waals surface area contributed by atoms with Gasteiger partial charge in [0.15, 0.2) is 11.8 Å². The number of nitrogens with zero attached hydrogens (tertiary/aromatic N) is 4. The Morgan fingerprint density at radius 3 is 2.45 bits per heavy atom. The van der Waals surface area contributed by atoms with Crippen molar-refractivity contribution in [3.05, 3.63) is 65.6 Å². The van der Waals surface area contributed by atoms with Crippen LogP contribution in [-0.4, -0.2) is 47.5 Å². The number of nitrogens with one attached hydrogen (secondary N) is 2. The van der Waals surface area contributed by atoms with E-state index in [1.54, 1.807) is 7.11 Å². The molecule has 0 unspecified atom stereocenters. The molecule has 2 heterocycles. The second kappa shape index (κ2) is 11.0. The van der Waals surface area contributed by atoms with E-state index in [2.05, 4.69) is 25.7 Å². The number of ether oxygens (including phenoxy) is 2. The van der Waals surface area contributed by atoms with Crippen molar-refractivity contribution in [2.75, 3.05) is 26.8 Å². The molecule has 0 aliphatic carbocycles. The lowest BCUT2D eigenvalue weighted by atomic mass is 10.3. The largest absolute Gasteiger partial charge is 0.497 e. The number of rotatable bonds is 9. The highest BCUT2D eigenvalue weighted by Crippen LogP contribution is 2.16. The van der Waals surface area contributed by atoms with Crippen molar-refractivity contribution in [1.82, 2.24) is 25.4 Å². The van der Waals surface area contributed by atoms with Crippen molar-refractivity contribution < 1.29 is 9.47 Å². The molecule has 2 aromatic heterocycles. The first-order valence-electron chi connectivity index (χ1n) is 10.4. The number of hydrogen-bond donors (Lipinski definition) is 2. The third-order valence-corrected chi connectivity index (χ3v) is 4.52. The summed E-state index contributed by atoms with van der Waals surface area (Å²) in [5.74, 6) is 3.16. The molecule has 0 fully saturated rings. The Kier molecular flexibility index (Phi) is 7.86. The second-order valence-electron chi connectivity index (χ2n) is 7.01. The molecule has 0 saturated carbocycles. The van der Waals surface area contributed by atoms with Crippen LogP contribution in [0.15, 0.2) is 53.7 Å². The molecule has 0 aliphatic heterocycles. The third kappa shape index (κ3) is 6.47. The van der Waals surface area contributed by atoms with E-state index in [0.717, 1.165) is 46.8 Å². The number of pyridine rings is 1. The van der Waals surface area contributed by atoms with E-state index in [4.69, 9.17) is 9.47 Å². The number of guanidine groups is 1. The predicted octanol–water partition coefficient (Wildman–Crippen LogP) is 3.03. The highest BCUT2D eigenvalue weighted by molar-refractivity contribution is 5.79. The lowest BCUT2D eigenvalue weighted by Crippen LogP contribution is -2.39. The molecule has 8 heteroatoms. The number of aliphatic imine (C=N–C) groups is 1. The van der Waals surface area contributed by atoms with Gasteiger partial charge in [0.1, 0.15) is 18.1 Å². The molecule has 31 heavy (non-hydrogen) atoms. The molecule has 0 saturated heterocycles. The Morgan fingerprint density at radius 1 is 1.06 bits per heavy atom. The molecule has 0 radical (unpaired) electrons. The van der Waals surface area contributed by atoms with E-state index in [9.17, 15) is 0 Å². The second-order valence-corrected chi connectivity index (χ2v) is 7.01. The summed E-state index contributed by atoms with van der Waals surface area (Å²) in [6.07, 6.45) is 1.84. The van der Waals surface area contributed by atoms with Crippen molar-refractivity contribution in [3.63, 3.8) is 0 Å². The first-order chi connectivity index (χ1) is 15.1. The zero-order valence-electron chi connectivity index (χ0n) is 18.6. The first kappa shape index (κ1) is 22.1. The summed E-state index contributed by atoms with van der Waals surface area (Å²) >= 11 is 0. The van der Waals surface area contributed by atoms with Gasteiger partial charge in [-0.1, -0.05) is 6.07 Å². The van der Waals surface area contributed by atoms with Gasteiger partial charge in [-0.25, -0.2) is 14.7 Å². The van der Waals surface area contributed by atoms with Crippen LogP contribution >= 0.6 is 0 Å². The topological polar surface area (TPSA) is 85.6 Å². The van der Waals surface area contributed by atoms with Crippen LogP contribution in [0.3, 0.4) is 0 Å². The fraction of sp³-hybridized carbons (Fsp3) is 0.348. The van der Waals surface area contributed by atoms with Crippen molar-refractivity contribution in [1.29, 1.82) is 0 Å². The number of benzene rings is 1. The minimum Gasteiger partial charge on any atom is -0.497 e. The third-order valence-electron chi connectivity index (χ3n) is 4.52. The van der Waals surface area contributed by atoms with Crippen molar-refractivity contribution in [3.8, 4) is 17.3 Å². The number of methoxy groups -OCH3 is 1. The van der Waals surface area contributed by atoms with Crippen LogP contribution in [0, 0.1) is 13.8 Å². The maximum Gasteiger partial charge on any atom is 0.191 e. The summed E-state index contributed by atoms with van der Waals surface area (Å²) in [5.41, 5.74) is 3.06. The molecule has 2 N–H and O–H groups in total. The SMILES string of the molecule is CCNC(=NCc1ccc(-n2nc(C)cc2C)nc1)NCCOc1ccc(OC)cc1. The average molecular weight is 423 g/mol. The highest BCUT2D eigenvalue weighted by atomic mass is 16.5. The first-order valence-corrected chi connectivity index (χ1v) is 10.4.